The van der Waals surface area contributed by atoms with Crippen LogP contribution >= 0.6 is 0 Å². The van der Waals surface area contributed by atoms with Crippen LogP contribution in [0.2, 0.25) is 0 Å². The highest BCUT2D eigenvalue weighted by Gasteiger charge is 2.41. The zero-order valence-corrected chi connectivity index (χ0v) is 13.8. The zero-order valence-electron chi connectivity index (χ0n) is 13.8. The Morgan fingerprint density at radius 2 is 1.87 bits per heavy atom. The van der Waals surface area contributed by atoms with Crippen molar-refractivity contribution in [3.05, 3.63) is 54.0 Å². The Balaban J connectivity index is 1.87. The summed E-state index contributed by atoms with van der Waals surface area (Å²) in [6, 6.07) is 10.1. The Morgan fingerprint density at radius 1 is 1.13 bits per heavy atom. The summed E-state index contributed by atoms with van der Waals surface area (Å²) in [4.78, 5) is 4.80. The molecule has 3 aromatic rings. The van der Waals surface area contributed by atoms with Crippen molar-refractivity contribution in [3.8, 4) is 28.5 Å². The summed E-state index contributed by atoms with van der Waals surface area (Å²) >= 11 is 0. The van der Waals surface area contributed by atoms with Gasteiger partial charge in [-0.2, -0.15) is 0 Å². The van der Waals surface area contributed by atoms with Crippen LogP contribution in [0.4, 0.5) is 0 Å². The van der Waals surface area contributed by atoms with Crippen LogP contribution in [0, 0.1) is 0 Å². The van der Waals surface area contributed by atoms with Crippen LogP contribution in [0.5, 0.6) is 5.75 Å². The molecular formula is C19H19N2O2+. The highest BCUT2D eigenvalue weighted by Crippen LogP contribution is 2.50. The van der Waals surface area contributed by atoms with Crippen molar-refractivity contribution in [1.82, 2.24) is 4.98 Å². The number of methoxy groups -OCH3 is 1. The Labute approximate surface area is 135 Å². The maximum absolute atomic E-state index is 6.13. The molecule has 1 aliphatic carbocycles. The van der Waals surface area contributed by atoms with E-state index < -0.39 is 0 Å². The van der Waals surface area contributed by atoms with Gasteiger partial charge >= 0.3 is 0 Å². The molecule has 2 aromatic heterocycles. The molecule has 0 bridgehead atoms. The minimum atomic E-state index is -0.194. The number of hydrogen-bond donors (Lipinski definition) is 0. The monoisotopic (exact) mass is 307 g/mol. The molecule has 0 saturated heterocycles. The predicted octanol–water partition coefficient (Wildman–Crippen LogP) is 3.48. The Morgan fingerprint density at radius 3 is 2.57 bits per heavy atom. The van der Waals surface area contributed by atoms with Gasteiger partial charge in [0.25, 0.3) is 0 Å². The van der Waals surface area contributed by atoms with Gasteiger partial charge < -0.3 is 9.15 Å². The molecule has 23 heavy (non-hydrogen) atoms. The number of hydrogen-bond acceptors (Lipinski definition) is 3. The van der Waals surface area contributed by atoms with Crippen molar-refractivity contribution >= 4 is 0 Å². The third-order valence-corrected chi connectivity index (χ3v) is 4.59. The molecule has 0 spiro atoms. The molecule has 0 radical (unpaired) electrons. The van der Waals surface area contributed by atoms with Crippen molar-refractivity contribution < 1.29 is 13.7 Å². The standard InChI is InChI=1S/C19H19N2O2/c1-19(2)15-11-13(22-4)5-6-14(15)16-17(19)20-18(23-16)12-7-9-21(3)10-8-12/h5-11H,1-4H3/q+1. The van der Waals surface area contributed by atoms with E-state index in [1.54, 1.807) is 7.11 Å². The first-order valence-electron chi connectivity index (χ1n) is 7.66. The molecule has 2 heterocycles. The molecule has 1 aromatic carbocycles. The first-order chi connectivity index (χ1) is 11.0. The Bertz CT molecular complexity index is 892. The summed E-state index contributed by atoms with van der Waals surface area (Å²) in [6.07, 6.45) is 3.99. The van der Waals surface area contributed by atoms with Gasteiger partial charge in [-0.1, -0.05) is 0 Å². The third kappa shape index (κ3) is 1.98. The van der Waals surface area contributed by atoms with Gasteiger partial charge in [0, 0.05) is 28.7 Å². The summed E-state index contributed by atoms with van der Waals surface area (Å²) in [5, 5.41) is 0. The molecule has 0 amide bonds. The van der Waals surface area contributed by atoms with Crippen LogP contribution in [-0.4, -0.2) is 12.1 Å². The molecule has 0 aliphatic heterocycles. The maximum Gasteiger partial charge on any atom is 0.227 e. The fraction of sp³-hybridized carbons (Fsp3) is 0.263. The van der Waals surface area contributed by atoms with Crippen LogP contribution in [0.1, 0.15) is 25.1 Å². The minimum Gasteiger partial charge on any atom is -0.497 e. The molecule has 0 unspecified atom stereocenters. The molecule has 0 saturated carbocycles. The lowest BCUT2D eigenvalue weighted by atomic mass is 9.85. The van der Waals surface area contributed by atoms with Crippen molar-refractivity contribution in [2.24, 2.45) is 7.05 Å². The number of benzene rings is 1. The van der Waals surface area contributed by atoms with E-state index in [9.17, 15) is 0 Å². The molecule has 116 valence electrons. The van der Waals surface area contributed by atoms with E-state index in [0.717, 1.165) is 28.3 Å². The second kappa shape index (κ2) is 4.69. The van der Waals surface area contributed by atoms with E-state index in [0.29, 0.717) is 5.89 Å². The van der Waals surface area contributed by atoms with Gasteiger partial charge in [0.05, 0.1) is 12.8 Å². The number of ether oxygens (including phenoxy) is 1. The van der Waals surface area contributed by atoms with E-state index in [1.807, 2.05) is 42.2 Å². The van der Waals surface area contributed by atoms with Crippen LogP contribution in [0.25, 0.3) is 22.8 Å². The van der Waals surface area contributed by atoms with Crippen LogP contribution in [0.3, 0.4) is 0 Å². The normalized spacial score (nSPS) is 14.4. The van der Waals surface area contributed by atoms with Gasteiger partial charge in [-0.05, 0) is 37.6 Å². The molecule has 4 heteroatoms. The van der Waals surface area contributed by atoms with Gasteiger partial charge in [0.2, 0.25) is 5.89 Å². The fourth-order valence-corrected chi connectivity index (χ4v) is 3.19. The van der Waals surface area contributed by atoms with Gasteiger partial charge in [0.15, 0.2) is 18.2 Å². The molecule has 0 N–H and O–H groups in total. The highest BCUT2D eigenvalue weighted by molar-refractivity contribution is 5.77. The molecule has 1 aliphatic rings. The van der Waals surface area contributed by atoms with Crippen LogP contribution < -0.4 is 9.30 Å². The first-order valence-corrected chi connectivity index (χ1v) is 7.66. The van der Waals surface area contributed by atoms with E-state index in [1.165, 1.54) is 5.56 Å². The van der Waals surface area contributed by atoms with Crippen LogP contribution in [0.15, 0.2) is 47.1 Å². The average Bonchev–Trinajstić information content (AvgIpc) is 3.07. The second-order valence-corrected chi connectivity index (χ2v) is 6.49. The number of pyridine rings is 1. The fourth-order valence-electron chi connectivity index (χ4n) is 3.19. The lowest BCUT2D eigenvalue weighted by Gasteiger charge is -2.19. The lowest BCUT2D eigenvalue weighted by Crippen LogP contribution is -2.25. The molecule has 0 fully saturated rings. The SMILES string of the molecule is COc1ccc2c(c1)C(C)(C)c1nc(-c3cc[n+](C)cc3)oc1-2. The number of aromatic nitrogens is 2. The lowest BCUT2D eigenvalue weighted by molar-refractivity contribution is -0.671. The summed E-state index contributed by atoms with van der Waals surface area (Å²) in [7, 11) is 3.68. The quantitative estimate of drug-likeness (QED) is 0.680. The molecule has 0 atom stereocenters. The molecular weight excluding hydrogens is 288 g/mol. The van der Waals surface area contributed by atoms with Crippen molar-refractivity contribution in [2.45, 2.75) is 19.3 Å². The Hall–Kier alpha value is -2.62. The molecule has 4 nitrogen and oxygen atoms in total. The smallest absolute Gasteiger partial charge is 0.227 e. The van der Waals surface area contributed by atoms with E-state index in [2.05, 4.69) is 26.0 Å². The highest BCUT2D eigenvalue weighted by atomic mass is 16.5. The summed E-state index contributed by atoms with van der Waals surface area (Å²) in [6.45, 7) is 4.35. The zero-order chi connectivity index (χ0) is 16.2. The number of fused-ring (bicyclic) bond motifs is 3. The number of aryl methyl sites for hydroxylation is 1. The van der Waals surface area contributed by atoms with Crippen molar-refractivity contribution in [3.63, 3.8) is 0 Å². The summed E-state index contributed by atoms with van der Waals surface area (Å²) < 4.78 is 13.5. The second-order valence-electron chi connectivity index (χ2n) is 6.49. The van der Waals surface area contributed by atoms with E-state index in [-0.39, 0.29) is 5.41 Å². The first kappa shape index (κ1) is 14.0. The third-order valence-electron chi connectivity index (χ3n) is 4.59. The number of nitrogens with zero attached hydrogens (tertiary/aromatic N) is 2. The van der Waals surface area contributed by atoms with Crippen molar-refractivity contribution in [2.75, 3.05) is 7.11 Å². The average molecular weight is 307 g/mol. The number of rotatable bonds is 2. The van der Waals surface area contributed by atoms with E-state index in [4.69, 9.17) is 14.1 Å². The van der Waals surface area contributed by atoms with Crippen LogP contribution in [-0.2, 0) is 12.5 Å². The minimum absolute atomic E-state index is 0.194. The van der Waals surface area contributed by atoms with Crippen molar-refractivity contribution in [1.29, 1.82) is 0 Å². The van der Waals surface area contributed by atoms with E-state index >= 15 is 0 Å². The Kier molecular flexibility index (Phi) is 2.85. The number of oxazole rings is 1. The van der Waals surface area contributed by atoms with Gasteiger partial charge in [-0.15, -0.1) is 0 Å². The summed E-state index contributed by atoms with van der Waals surface area (Å²) in [5.74, 6) is 2.40. The molecule has 4 rings (SSSR count). The largest absolute Gasteiger partial charge is 0.497 e. The van der Waals surface area contributed by atoms with Gasteiger partial charge in [-0.25, -0.2) is 9.55 Å². The van der Waals surface area contributed by atoms with Gasteiger partial charge in [0.1, 0.15) is 12.8 Å². The topological polar surface area (TPSA) is 39.1 Å². The maximum atomic E-state index is 6.13. The summed E-state index contributed by atoms with van der Waals surface area (Å²) in [5.41, 5.74) is 4.09. The predicted molar refractivity (Wildman–Crippen MR) is 87.2 cm³/mol. The van der Waals surface area contributed by atoms with Gasteiger partial charge in [-0.3, -0.25) is 0 Å².